The molecule has 5 heteroatoms. The molecule has 2 N–H and O–H groups in total. The van der Waals surface area contributed by atoms with Crippen LogP contribution in [-0.2, 0) is 0 Å². The molecule has 1 atom stereocenters. The molecule has 1 nitrogen and oxygen atoms in total. The Hall–Kier alpha value is -0.320. The fourth-order valence-electron chi connectivity index (χ4n) is 0.281. The van der Waals surface area contributed by atoms with Crippen LogP contribution in [-0.4, -0.2) is 18.9 Å². The topological polar surface area (TPSA) is 26.0 Å². The molecule has 0 radical (unpaired) electrons. The molecule has 0 aliphatic rings. The van der Waals surface area contributed by atoms with E-state index in [1.165, 1.54) is 0 Å². The van der Waals surface area contributed by atoms with Crippen LogP contribution in [0.5, 0.6) is 0 Å². The van der Waals surface area contributed by atoms with Gasteiger partial charge in [0.15, 0.2) is 0 Å². The molecule has 0 unspecified atom stereocenters. The predicted molar refractivity (Wildman–Crippen MR) is 24.6 cm³/mol. The van der Waals surface area contributed by atoms with Crippen molar-refractivity contribution in [3.63, 3.8) is 0 Å². The lowest BCUT2D eigenvalue weighted by atomic mass is 10.2. The Morgan fingerprint density at radius 2 is 1.78 bits per heavy atom. The highest BCUT2D eigenvalue weighted by molar-refractivity contribution is 4.68. The second-order valence-corrected chi connectivity index (χ2v) is 1.63. The molecule has 0 saturated carbocycles. The number of hydrogen-bond donors (Lipinski definition) is 1. The third-order valence-electron chi connectivity index (χ3n) is 0.841. The number of hydrogen-bond acceptors (Lipinski definition) is 1. The molecular weight excluding hydrogens is 138 g/mol. The van der Waals surface area contributed by atoms with Gasteiger partial charge in [0.05, 0.1) is 6.67 Å². The maximum Gasteiger partial charge on any atom is 0.403 e. The van der Waals surface area contributed by atoms with E-state index in [2.05, 4.69) is 5.73 Å². The molecule has 0 amide bonds. The maximum atomic E-state index is 11.3. The van der Waals surface area contributed by atoms with Crippen molar-refractivity contribution in [3.8, 4) is 0 Å². The summed E-state index contributed by atoms with van der Waals surface area (Å²) in [6.07, 6.45) is -5.10. The van der Waals surface area contributed by atoms with E-state index in [0.717, 1.165) is 0 Å². The second kappa shape index (κ2) is 3.00. The van der Waals surface area contributed by atoms with Gasteiger partial charge in [-0.05, 0) is 6.42 Å². The first-order valence-corrected chi connectivity index (χ1v) is 2.36. The highest BCUT2D eigenvalue weighted by atomic mass is 19.4. The first-order chi connectivity index (χ1) is 3.98. The van der Waals surface area contributed by atoms with Crippen LogP contribution in [0.2, 0.25) is 0 Å². The van der Waals surface area contributed by atoms with Crippen molar-refractivity contribution in [1.82, 2.24) is 0 Å². The summed E-state index contributed by atoms with van der Waals surface area (Å²) in [5, 5.41) is 0. The van der Waals surface area contributed by atoms with Gasteiger partial charge in [-0.25, -0.2) is 0 Å². The van der Waals surface area contributed by atoms with Crippen molar-refractivity contribution in [2.24, 2.45) is 5.73 Å². The van der Waals surface area contributed by atoms with Gasteiger partial charge < -0.3 is 5.73 Å². The van der Waals surface area contributed by atoms with Crippen LogP contribution in [0.25, 0.3) is 0 Å². The van der Waals surface area contributed by atoms with E-state index in [1.54, 1.807) is 0 Å². The van der Waals surface area contributed by atoms with Crippen LogP contribution in [0.4, 0.5) is 17.6 Å². The third-order valence-corrected chi connectivity index (χ3v) is 0.841. The first-order valence-electron chi connectivity index (χ1n) is 2.36. The summed E-state index contributed by atoms with van der Waals surface area (Å²) in [7, 11) is 0. The summed E-state index contributed by atoms with van der Waals surface area (Å²) in [5.74, 6) is 0. The molecule has 0 heterocycles. The zero-order valence-corrected chi connectivity index (χ0v) is 4.58. The van der Waals surface area contributed by atoms with Gasteiger partial charge in [0.1, 0.15) is 6.04 Å². The molecule has 9 heavy (non-hydrogen) atoms. The van der Waals surface area contributed by atoms with E-state index in [1.807, 2.05) is 0 Å². The van der Waals surface area contributed by atoms with Crippen molar-refractivity contribution in [2.45, 2.75) is 18.6 Å². The minimum Gasteiger partial charge on any atom is -0.320 e. The zero-order valence-electron chi connectivity index (χ0n) is 4.58. The van der Waals surface area contributed by atoms with Gasteiger partial charge in [0.25, 0.3) is 0 Å². The van der Waals surface area contributed by atoms with Crippen LogP contribution in [0.1, 0.15) is 6.42 Å². The van der Waals surface area contributed by atoms with Crippen molar-refractivity contribution < 1.29 is 17.6 Å². The molecule has 0 aromatic rings. The van der Waals surface area contributed by atoms with Crippen molar-refractivity contribution >= 4 is 0 Å². The van der Waals surface area contributed by atoms with Crippen molar-refractivity contribution in [1.29, 1.82) is 0 Å². The lowest BCUT2D eigenvalue weighted by molar-refractivity contribution is -0.149. The number of halogens is 4. The van der Waals surface area contributed by atoms with Gasteiger partial charge in [-0.15, -0.1) is 0 Å². The average Bonchev–Trinajstić information content (AvgIpc) is 1.64. The number of nitrogens with two attached hydrogens (primary N) is 1. The SMILES string of the molecule is N[C@@H](CCF)C(F)(F)F. The Morgan fingerprint density at radius 1 is 1.33 bits per heavy atom. The van der Waals surface area contributed by atoms with Crippen molar-refractivity contribution in [3.05, 3.63) is 0 Å². The Labute approximate surface area is 49.8 Å². The molecular formula is C4H7F4N. The first kappa shape index (κ1) is 8.68. The summed E-state index contributed by atoms with van der Waals surface area (Å²) < 4.78 is 45.2. The monoisotopic (exact) mass is 145 g/mol. The predicted octanol–water partition coefficient (Wildman–Crippen LogP) is 1.24. The second-order valence-electron chi connectivity index (χ2n) is 1.63. The van der Waals surface area contributed by atoms with Crippen LogP contribution >= 0.6 is 0 Å². The number of rotatable bonds is 2. The normalized spacial score (nSPS) is 15.7. The Kier molecular flexibility index (Phi) is 2.90. The Balaban J connectivity index is 3.59. The lowest BCUT2D eigenvalue weighted by Crippen LogP contribution is -2.37. The largest absolute Gasteiger partial charge is 0.403 e. The van der Waals surface area contributed by atoms with E-state index in [0.29, 0.717) is 0 Å². The molecule has 0 aliphatic carbocycles. The summed E-state index contributed by atoms with van der Waals surface area (Å²) in [5.41, 5.74) is 4.50. The summed E-state index contributed by atoms with van der Waals surface area (Å²) in [6.45, 7) is -1.03. The highest BCUT2D eigenvalue weighted by Crippen LogP contribution is 2.20. The quantitative estimate of drug-likeness (QED) is 0.581. The lowest BCUT2D eigenvalue weighted by Gasteiger charge is -2.12. The van der Waals surface area contributed by atoms with E-state index < -0.39 is 25.3 Å². The molecule has 0 aromatic heterocycles. The fraction of sp³-hybridized carbons (Fsp3) is 1.00. The van der Waals surface area contributed by atoms with Gasteiger partial charge >= 0.3 is 6.18 Å². The van der Waals surface area contributed by atoms with Crippen LogP contribution in [0, 0.1) is 0 Å². The van der Waals surface area contributed by atoms with E-state index in [4.69, 9.17) is 0 Å². The van der Waals surface area contributed by atoms with Gasteiger partial charge in [-0.1, -0.05) is 0 Å². The summed E-state index contributed by atoms with van der Waals surface area (Å²) in [6, 6.07) is -2.01. The Bertz CT molecular complexity index is 79.1. The summed E-state index contributed by atoms with van der Waals surface area (Å²) >= 11 is 0. The molecule has 0 bridgehead atoms. The van der Waals surface area contributed by atoms with E-state index in [9.17, 15) is 17.6 Å². The molecule has 0 aliphatic heterocycles. The van der Waals surface area contributed by atoms with Gasteiger partial charge in [0, 0.05) is 0 Å². The molecule has 0 spiro atoms. The third kappa shape index (κ3) is 3.29. The Morgan fingerprint density at radius 3 is 1.89 bits per heavy atom. The zero-order chi connectivity index (χ0) is 7.49. The van der Waals surface area contributed by atoms with Gasteiger partial charge in [-0.2, -0.15) is 13.2 Å². The van der Waals surface area contributed by atoms with E-state index in [-0.39, 0.29) is 0 Å². The smallest absolute Gasteiger partial charge is 0.320 e. The van der Waals surface area contributed by atoms with Gasteiger partial charge in [0.2, 0.25) is 0 Å². The average molecular weight is 145 g/mol. The minimum atomic E-state index is -4.45. The van der Waals surface area contributed by atoms with Crippen LogP contribution in [0.3, 0.4) is 0 Å². The summed E-state index contributed by atoms with van der Waals surface area (Å²) in [4.78, 5) is 0. The molecule has 0 saturated heterocycles. The van der Waals surface area contributed by atoms with Crippen LogP contribution in [0.15, 0.2) is 0 Å². The number of alkyl halides is 4. The van der Waals surface area contributed by atoms with Gasteiger partial charge in [-0.3, -0.25) is 4.39 Å². The molecule has 56 valence electrons. The highest BCUT2D eigenvalue weighted by Gasteiger charge is 2.35. The van der Waals surface area contributed by atoms with Crippen LogP contribution < -0.4 is 5.73 Å². The minimum absolute atomic E-state index is 0.649. The molecule has 0 aromatic carbocycles. The van der Waals surface area contributed by atoms with Crippen molar-refractivity contribution in [2.75, 3.05) is 6.67 Å². The molecule has 0 fully saturated rings. The fourth-order valence-corrected chi connectivity index (χ4v) is 0.281. The van der Waals surface area contributed by atoms with E-state index >= 15 is 0 Å². The molecule has 0 rings (SSSR count). The maximum absolute atomic E-state index is 11.3. The standard InChI is InChI=1S/C4H7F4N/c5-2-1-3(9)4(6,7)8/h3H,1-2,9H2/t3-/m0/s1.